The van der Waals surface area contributed by atoms with Gasteiger partial charge in [0.25, 0.3) is 5.91 Å². The molecule has 1 amide bonds. The normalized spacial score (nSPS) is 18.2. The average molecular weight is 385 g/mol. The van der Waals surface area contributed by atoms with E-state index >= 15 is 0 Å². The molecule has 0 saturated carbocycles. The van der Waals surface area contributed by atoms with Crippen molar-refractivity contribution in [3.8, 4) is 5.88 Å². The molecule has 1 fully saturated rings. The first-order valence-electron chi connectivity index (χ1n) is 9.56. The Balaban J connectivity index is 1.60. The zero-order chi connectivity index (χ0) is 20.1. The number of hydrogen-bond acceptors (Lipinski definition) is 7. The number of carbonyl (C=O) groups excluding carboxylic acids is 1. The highest BCUT2D eigenvalue weighted by Gasteiger charge is 2.28. The Hall–Kier alpha value is -2.61. The molecule has 2 atom stereocenters. The van der Waals surface area contributed by atoms with Crippen molar-refractivity contribution in [2.75, 3.05) is 26.8 Å². The first kappa shape index (κ1) is 20.1. The fraction of sp³-hybridized carbons (Fsp3) is 0.550. The summed E-state index contributed by atoms with van der Waals surface area (Å²) >= 11 is 0. The maximum Gasteiger partial charge on any atom is 0.291 e. The predicted octanol–water partition coefficient (Wildman–Crippen LogP) is 2.43. The summed E-state index contributed by atoms with van der Waals surface area (Å²) in [7, 11) is 1.56. The molecular formula is C20H27N5O3. The largest absolute Gasteiger partial charge is 0.480 e. The quantitative estimate of drug-likeness (QED) is 0.754. The topological polar surface area (TPSA) is 90.3 Å². The zero-order valence-electron chi connectivity index (χ0n) is 16.8. The SMILES string of the molecule is COc1cnc([C@@H](C)CC2CN(C(=O)c3ncc(C(C)C)cn3)CCO2)cn1. The van der Waals surface area contributed by atoms with Crippen LogP contribution in [0.1, 0.15) is 60.9 Å². The molecule has 0 bridgehead atoms. The van der Waals surface area contributed by atoms with Gasteiger partial charge >= 0.3 is 0 Å². The summed E-state index contributed by atoms with van der Waals surface area (Å²) < 4.78 is 10.9. The average Bonchev–Trinajstić information content (AvgIpc) is 2.73. The Bertz CT molecular complexity index is 779. The molecule has 0 spiro atoms. The van der Waals surface area contributed by atoms with Crippen LogP contribution in [-0.4, -0.2) is 63.7 Å². The summed E-state index contributed by atoms with van der Waals surface area (Å²) in [6, 6.07) is 0. The molecular weight excluding hydrogens is 358 g/mol. The first-order valence-corrected chi connectivity index (χ1v) is 9.56. The van der Waals surface area contributed by atoms with E-state index in [1.165, 1.54) is 0 Å². The minimum Gasteiger partial charge on any atom is -0.480 e. The van der Waals surface area contributed by atoms with Crippen LogP contribution in [0, 0.1) is 0 Å². The van der Waals surface area contributed by atoms with Gasteiger partial charge in [0.1, 0.15) is 0 Å². The second kappa shape index (κ2) is 9.05. The second-order valence-corrected chi connectivity index (χ2v) is 7.36. The number of nitrogens with zero attached hydrogens (tertiary/aromatic N) is 5. The molecule has 0 N–H and O–H groups in total. The molecule has 1 aliphatic rings. The van der Waals surface area contributed by atoms with E-state index in [0.717, 1.165) is 17.7 Å². The number of carbonyl (C=O) groups is 1. The molecule has 3 rings (SSSR count). The highest BCUT2D eigenvalue weighted by atomic mass is 16.5. The van der Waals surface area contributed by atoms with E-state index < -0.39 is 0 Å². The van der Waals surface area contributed by atoms with Crippen LogP contribution in [0.2, 0.25) is 0 Å². The van der Waals surface area contributed by atoms with Gasteiger partial charge in [0.15, 0.2) is 0 Å². The fourth-order valence-corrected chi connectivity index (χ4v) is 3.14. The Morgan fingerprint density at radius 3 is 2.54 bits per heavy atom. The zero-order valence-corrected chi connectivity index (χ0v) is 16.8. The van der Waals surface area contributed by atoms with E-state index in [-0.39, 0.29) is 23.8 Å². The number of morpholine rings is 1. The minimum atomic E-state index is -0.152. The number of ether oxygens (including phenoxy) is 2. The lowest BCUT2D eigenvalue weighted by molar-refractivity contribution is -0.0276. The molecule has 1 saturated heterocycles. The third-order valence-corrected chi connectivity index (χ3v) is 4.93. The van der Waals surface area contributed by atoms with E-state index in [9.17, 15) is 4.79 Å². The Morgan fingerprint density at radius 2 is 1.93 bits per heavy atom. The van der Waals surface area contributed by atoms with Gasteiger partial charge in [-0.1, -0.05) is 20.8 Å². The lowest BCUT2D eigenvalue weighted by atomic mass is 9.99. The van der Waals surface area contributed by atoms with E-state index in [4.69, 9.17) is 9.47 Å². The monoisotopic (exact) mass is 385 g/mol. The third-order valence-electron chi connectivity index (χ3n) is 4.93. The number of methoxy groups -OCH3 is 1. The summed E-state index contributed by atoms with van der Waals surface area (Å²) in [6.07, 6.45) is 7.48. The van der Waals surface area contributed by atoms with E-state index in [1.807, 2.05) is 0 Å². The van der Waals surface area contributed by atoms with Crippen LogP contribution < -0.4 is 4.74 Å². The van der Waals surface area contributed by atoms with Gasteiger partial charge in [-0.15, -0.1) is 0 Å². The molecule has 1 unspecified atom stereocenters. The van der Waals surface area contributed by atoms with Crippen molar-refractivity contribution in [3.63, 3.8) is 0 Å². The molecule has 2 aromatic rings. The van der Waals surface area contributed by atoms with Gasteiger partial charge in [0, 0.05) is 31.4 Å². The van der Waals surface area contributed by atoms with Crippen molar-refractivity contribution < 1.29 is 14.3 Å². The van der Waals surface area contributed by atoms with E-state index in [1.54, 1.807) is 36.8 Å². The van der Waals surface area contributed by atoms with Crippen LogP contribution in [0.25, 0.3) is 0 Å². The lowest BCUT2D eigenvalue weighted by Crippen LogP contribution is -2.46. The maximum atomic E-state index is 12.8. The Labute approximate surface area is 165 Å². The number of hydrogen-bond donors (Lipinski definition) is 0. The number of aromatic nitrogens is 4. The number of amides is 1. The van der Waals surface area contributed by atoms with Gasteiger partial charge in [-0.2, -0.15) is 0 Å². The van der Waals surface area contributed by atoms with Crippen molar-refractivity contribution in [2.24, 2.45) is 0 Å². The molecule has 0 aliphatic carbocycles. The molecule has 28 heavy (non-hydrogen) atoms. The van der Waals surface area contributed by atoms with Gasteiger partial charge in [0.2, 0.25) is 11.7 Å². The summed E-state index contributed by atoms with van der Waals surface area (Å²) in [5, 5.41) is 0. The molecule has 1 aliphatic heterocycles. The predicted molar refractivity (Wildman–Crippen MR) is 103 cm³/mol. The minimum absolute atomic E-state index is 0.0634. The maximum absolute atomic E-state index is 12.8. The van der Waals surface area contributed by atoms with Crippen LogP contribution in [0.4, 0.5) is 0 Å². The van der Waals surface area contributed by atoms with E-state index in [2.05, 4.69) is 40.7 Å². The molecule has 8 heteroatoms. The van der Waals surface area contributed by atoms with Crippen molar-refractivity contribution in [2.45, 2.75) is 45.1 Å². The molecule has 0 aromatic carbocycles. The van der Waals surface area contributed by atoms with Gasteiger partial charge in [0.05, 0.1) is 37.9 Å². The number of rotatable bonds is 6. The molecule has 3 heterocycles. The lowest BCUT2D eigenvalue weighted by Gasteiger charge is -2.33. The highest BCUT2D eigenvalue weighted by Crippen LogP contribution is 2.23. The first-order chi connectivity index (χ1) is 13.5. The second-order valence-electron chi connectivity index (χ2n) is 7.36. The van der Waals surface area contributed by atoms with Crippen molar-refractivity contribution in [1.29, 1.82) is 0 Å². The van der Waals surface area contributed by atoms with E-state index in [0.29, 0.717) is 31.5 Å². The van der Waals surface area contributed by atoms with Gasteiger partial charge in [-0.25, -0.2) is 15.0 Å². The third kappa shape index (κ3) is 4.81. The van der Waals surface area contributed by atoms with Crippen LogP contribution >= 0.6 is 0 Å². The van der Waals surface area contributed by atoms with Crippen LogP contribution in [0.15, 0.2) is 24.8 Å². The smallest absolute Gasteiger partial charge is 0.291 e. The van der Waals surface area contributed by atoms with Gasteiger partial charge in [-0.05, 0) is 17.9 Å². The van der Waals surface area contributed by atoms with Gasteiger partial charge in [-0.3, -0.25) is 9.78 Å². The highest BCUT2D eigenvalue weighted by molar-refractivity contribution is 5.90. The summed E-state index contributed by atoms with van der Waals surface area (Å²) in [6.45, 7) is 7.78. The summed E-state index contributed by atoms with van der Waals surface area (Å²) in [4.78, 5) is 31.6. The Morgan fingerprint density at radius 1 is 1.18 bits per heavy atom. The van der Waals surface area contributed by atoms with Crippen molar-refractivity contribution >= 4 is 5.91 Å². The Kier molecular flexibility index (Phi) is 6.51. The van der Waals surface area contributed by atoms with Crippen LogP contribution in [0.3, 0.4) is 0 Å². The van der Waals surface area contributed by atoms with Crippen molar-refractivity contribution in [1.82, 2.24) is 24.8 Å². The summed E-state index contributed by atoms with van der Waals surface area (Å²) in [5.41, 5.74) is 1.89. The van der Waals surface area contributed by atoms with Crippen molar-refractivity contribution in [3.05, 3.63) is 41.9 Å². The molecule has 2 aromatic heterocycles. The standard InChI is InChI=1S/C20H27N5O3/c1-13(2)15-8-23-19(24-9-15)20(26)25-5-6-28-16(12-25)7-14(3)17-10-22-18(27-4)11-21-17/h8-11,13-14,16H,5-7,12H2,1-4H3/t14-,16?/m0/s1. The van der Waals surface area contributed by atoms with Crippen LogP contribution in [0.5, 0.6) is 5.88 Å². The fourth-order valence-electron chi connectivity index (χ4n) is 3.14. The molecule has 150 valence electrons. The summed E-state index contributed by atoms with van der Waals surface area (Å²) in [5.74, 6) is 1.06. The molecule has 8 nitrogen and oxygen atoms in total. The van der Waals surface area contributed by atoms with Crippen LogP contribution in [-0.2, 0) is 4.74 Å². The molecule has 0 radical (unpaired) electrons. The van der Waals surface area contributed by atoms with Gasteiger partial charge < -0.3 is 14.4 Å².